The van der Waals surface area contributed by atoms with E-state index in [-0.39, 0.29) is 5.82 Å². The third-order valence-corrected chi connectivity index (χ3v) is 2.51. The van der Waals surface area contributed by atoms with Crippen molar-refractivity contribution in [1.82, 2.24) is 0 Å². The van der Waals surface area contributed by atoms with Crippen molar-refractivity contribution in [2.75, 3.05) is 25.7 Å². The van der Waals surface area contributed by atoms with Crippen LogP contribution in [-0.4, -0.2) is 25.7 Å². The minimum atomic E-state index is -0.330. The normalized spacial score (nSPS) is 10.2. The second-order valence-electron chi connectivity index (χ2n) is 4.70. The Morgan fingerprint density at radius 3 is 2.80 bits per heavy atom. The molecule has 0 saturated heterocycles. The lowest BCUT2D eigenvalue weighted by Gasteiger charge is -2.10. The maximum Gasteiger partial charge on any atom is 0.135 e. The second kappa shape index (κ2) is 9.63. The van der Waals surface area contributed by atoms with Gasteiger partial charge in [-0.05, 0) is 24.1 Å². The topological polar surface area (TPSA) is 18.5 Å². The van der Waals surface area contributed by atoms with Crippen LogP contribution >= 0.6 is 11.6 Å². The minimum absolute atomic E-state index is 0.330. The average Bonchev–Trinajstić information content (AvgIpc) is 2.40. The van der Waals surface area contributed by atoms with Crippen LogP contribution in [0.1, 0.15) is 25.8 Å². The highest BCUT2D eigenvalue weighted by molar-refractivity contribution is 6.18. The van der Waals surface area contributed by atoms with Crippen molar-refractivity contribution < 1.29 is 13.9 Å². The van der Waals surface area contributed by atoms with Gasteiger partial charge < -0.3 is 9.47 Å². The molecule has 0 aliphatic heterocycles. The number of hydrogen-bond donors (Lipinski definition) is 0. The predicted octanol–water partition coefficient (Wildman–Crippen LogP) is 3.86. The summed E-state index contributed by atoms with van der Waals surface area (Å²) in [5.74, 6) is 6.95. The maximum atomic E-state index is 13.2. The van der Waals surface area contributed by atoms with Gasteiger partial charge in [-0.1, -0.05) is 25.7 Å². The highest BCUT2D eigenvalue weighted by Crippen LogP contribution is 2.18. The van der Waals surface area contributed by atoms with E-state index in [0.717, 1.165) is 0 Å². The van der Waals surface area contributed by atoms with Crippen LogP contribution in [0.4, 0.5) is 4.39 Å². The highest BCUT2D eigenvalue weighted by Gasteiger charge is 2.03. The zero-order chi connectivity index (χ0) is 14.8. The zero-order valence-electron chi connectivity index (χ0n) is 11.9. The van der Waals surface area contributed by atoms with Gasteiger partial charge in [-0.25, -0.2) is 4.39 Å². The van der Waals surface area contributed by atoms with Crippen molar-refractivity contribution >= 4 is 11.6 Å². The first-order chi connectivity index (χ1) is 9.63. The predicted molar refractivity (Wildman–Crippen MR) is 79.8 cm³/mol. The van der Waals surface area contributed by atoms with Crippen molar-refractivity contribution in [3.63, 3.8) is 0 Å². The summed E-state index contributed by atoms with van der Waals surface area (Å²) in [6.45, 7) is 5.80. The fourth-order valence-electron chi connectivity index (χ4n) is 1.46. The van der Waals surface area contributed by atoms with Gasteiger partial charge in [0.15, 0.2) is 0 Å². The van der Waals surface area contributed by atoms with E-state index in [9.17, 15) is 4.39 Å². The fourth-order valence-corrected chi connectivity index (χ4v) is 1.55. The lowest BCUT2D eigenvalue weighted by Crippen LogP contribution is -2.10. The van der Waals surface area contributed by atoms with E-state index < -0.39 is 0 Å². The molecule has 0 atom stereocenters. The molecule has 2 nitrogen and oxygen atoms in total. The molecule has 4 heteroatoms. The third kappa shape index (κ3) is 6.79. The molecule has 0 N–H and O–H groups in total. The Morgan fingerprint density at radius 1 is 1.30 bits per heavy atom. The van der Waals surface area contributed by atoms with E-state index in [1.807, 2.05) is 0 Å². The van der Waals surface area contributed by atoms with E-state index in [2.05, 4.69) is 25.7 Å². The number of ether oxygens (including phenoxy) is 2. The smallest absolute Gasteiger partial charge is 0.135 e. The maximum absolute atomic E-state index is 13.2. The molecule has 110 valence electrons. The molecule has 0 spiro atoms. The van der Waals surface area contributed by atoms with Crippen molar-refractivity contribution in [3.05, 3.63) is 29.6 Å². The van der Waals surface area contributed by atoms with Gasteiger partial charge in [0, 0.05) is 18.9 Å². The molecule has 0 saturated carbocycles. The number of rotatable bonds is 7. The monoisotopic (exact) mass is 298 g/mol. The van der Waals surface area contributed by atoms with Crippen molar-refractivity contribution in [1.29, 1.82) is 0 Å². The third-order valence-electron chi connectivity index (χ3n) is 2.32. The molecule has 0 bridgehead atoms. The molecule has 1 aromatic rings. The largest absolute Gasteiger partial charge is 0.490 e. The van der Waals surface area contributed by atoms with Crippen LogP contribution in [-0.2, 0) is 4.74 Å². The van der Waals surface area contributed by atoms with Gasteiger partial charge >= 0.3 is 0 Å². The van der Waals surface area contributed by atoms with Crippen LogP contribution in [0.3, 0.4) is 0 Å². The molecule has 0 fully saturated rings. The summed E-state index contributed by atoms with van der Waals surface area (Å²) in [5.41, 5.74) is 0.541. The molecule has 1 aromatic carbocycles. The Hall–Kier alpha value is -1.24. The number of hydrogen-bond acceptors (Lipinski definition) is 2. The molecule has 0 aliphatic carbocycles. The van der Waals surface area contributed by atoms with Gasteiger partial charge in [0.05, 0.1) is 12.2 Å². The number of alkyl halides is 1. The van der Waals surface area contributed by atoms with Gasteiger partial charge in [-0.3, -0.25) is 0 Å². The summed E-state index contributed by atoms with van der Waals surface area (Å²) in [6.07, 6.45) is 0.564. The Morgan fingerprint density at radius 2 is 2.10 bits per heavy atom. The minimum Gasteiger partial charge on any atom is -0.490 e. The quantitative estimate of drug-likeness (QED) is 0.432. The van der Waals surface area contributed by atoms with Gasteiger partial charge in [-0.15, -0.1) is 11.6 Å². The lowest BCUT2D eigenvalue weighted by atomic mass is 10.2. The van der Waals surface area contributed by atoms with Gasteiger partial charge in [0.1, 0.15) is 18.2 Å². The molecule has 0 aliphatic rings. The number of halogens is 2. The zero-order valence-corrected chi connectivity index (χ0v) is 12.7. The van der Waals surface area contributed by atoms with E-state index in [1.165, 1.54) is 12.1 Å². The molecule has 0 radical (unpaired) electrons. The van der Waals surface area contributed by atoms with Crippen LogP contribution in [0, 0.1) is 23.6 Å². The van der Waals surface area contributed by atoms with Gasteiger partial charge in [-0.2, -0.15) is 0 Å². The SMILES string of the molecule is CC(C)COCCOc1ccc(F)cc1C#CCCCl. The fraction of sp³-hybridized carbons (Fsp3) is 0.500. The van der Waals surface area contributed by atoms with Crippen molar-refractivity contribution in [2.24, 2.45) is 5.92 Å². The molecule has 20 heavy (non-hydrogen) atoms. The van der Waals surface area contributed by atoms with Crippen molar-refractivity contribution in [2.45, 2.75) is 20.3 Å². The first-order valence-corrected chi connectivity index (χ1v) is 7.22. The first-order valence-electron chi connectivity index (χ1n) is 6.68. The van der Waals surface area contributed by atoms with Crippen LogP contribution in [0.15, 0.2) is 18.2 Å². The summed E-state index contributed by atoms with van der Waals surface area (Å²) in [7, 11) is 0. The molecular formula is C16H20ClFO2. The van der Waals surface area contributed by atoms with Crippen LogP contribution in [0.5, 0.6) is 5.75 Å². The number of benzene rings is 1. The summed E-state index contributed by atoms with van der Waals surface area (Å²) in [6, 6.07) is 4.31. The standard InChI is InChI=1S/C16H20ClFO2/c1-13(2)12-19-9-10-20-16-7-6-15(18)11-14(16)5-3-4-8-17/h6-7,11,13H,4,8-10,12H2,1-2H3. The Labute approximate surface area is 125 Å². The van der Waals surface area contributed by atoms with Crippen LogP contribution in [0.25, 0.3) is 0 Å². The Balaban J connectivity index is 2.54. The molecule has 0 unspecified atom stereocenters. The average molecular weight is 299 g/mol. The highest BCUT2D eigenvalue weighted by atomic mass is 35.5. The van der Waals surface area contributed by atoms with Gasteiger partial charge in [0.25, 0.3) is 0 Å². The van der Waals surface area contributed by atoms with E-state index in [1.54, 1.807) is 6.07 Å². The van der Waals surface area contributed by atoms with E-state index in [0.29, 0.717) is 49.4 Å². The summed E-state index contributed by atoms with van der Waals surface area (Å²) in [4.78, 5) is 0. The van der Waals surface area contributed by atoms with E-state index >= 15 is 0 Å². The van der Waals surface area contributed by atoms with Crippen LogP contribution < -0.4 is 4.74 Å². The Kier molecular flexibility index (Phi) is 8.10. The summed E-state index contributed by atoms with van der Waals surface area (Å²) in [5, 5.41) is 0. The van der Waals surface area contributed by atoms with E-state index in [4.69, 9.17) is 21.1 Å². The lowest BCUT2D eigenvalue weighted by molar-refractivity contribution is 0.0818. The summed E-state index contributed by atoms with van der Waals surface area (Å²) >= 11 is 5.56. The molecule has 1 rings (SSSR count). The Bertz CT molecular complexity index is 463. The molecule has 0 heterocycles. The molecule has 0 amide bonds. The van der Waals surface area contributed by atoms with Crippen molar-refractivity contribution in [3.8, 4) is 17.6 Å². The first kappa shape index (κ1) is 16.8. The molecule has 0 aromatic heterocycles. The van der Waals surface area contributed by atoms with Crippen LogP contribution in [0.2, 0.25) is 0 Å². The molecular weight excluding hydrogens is 279 g/mol. The van der Waals surface area contributed by atoms with Gasteiger partial charge in [0.2, 0.25) is 0 Å². The second-order valence-corrected chi connectivity index (χ2v) is 5.08. The summed E-state index contributed by atoms with van der Waals surface area (Å²) < 4.78 is 24.2.